The Balaban J connectivity index is 2.48. The molecule has 4 nitrogen and oxygen atoms in total. The van der Waals surface area contributed by atoms with E-state index in [2.05, 4.69) is 10.3 Å². The van der Waals surface area contributed by atoms with Gasteiger partial charge in [-0.2, -0.15) is 0 Å². The van der Waals surface area contributed by atoms with E-state index in [0.29, 0.717) is 5.06 Å². The third-order valence-corrected chi connectivity index (χ3v) is 1.46. The Kier molecular flexibility index (Phi) is 2.22. The van der Waals surface area contributed by atoms with Gasteiger partial charge in [-0.15, -0.1) is 0 Å². The fraction of sp³-hybridized carbons (Fsp3) is 0.200. The van der Waals surface area contributed by atoms with Crippen molar-refractivity contribution in [1.82, 2.24) is 10.3 Å². The molecule has 0 spiro atoms. The molecule has 0 fully saturated rings. The second kappa shape index (κ2) is 3.17. The number of ether oxygens (including phenoxy) is 1. The zero-order chi connectivity index (χ0) is 7.40. The van der Waals surface area contributed by atoms with Crippen molar-refractivity contribution in [3.63, 3.8) is 0 Å². The predicted octanol–water partition coefficient (Wildman–Crippen LogP) is 0.861. The Labute approximate surface area is 61.8 Å². The maximum Gasteiger partial charge on any atom is 0.413 e. The van der Waals surface area contributed by atoms with Crippen molar-refractivity contribution in [2.75, 3.05) is 7.05 Å². The molecule has 0 unspecified atom stereocenters. The first-order valence-corrected chi connectivity index (χ1v) is 3.49. The van der Waals surface area contributed by atoms with Gasteiger partial charge in [0.25, 0.3) is 0 Å². The van der Waals surface area contributed by atoms with Gasteiger partial charge in [0.05, 0.1) is 11.7 Å². The molecule has 54 valence electrons. The summed E-state index contributed by atoms with van der Waals surface area (Å²) >= 11 is 1.27. The van der Waals surface area contributed by atoms with Gasteiger partial charge in [0.15, 0.2) is 0 Å². The maximum absolute atomic E-state index is 10.5. The van der Waals surface area contributed by atoms with E-state index in [9.17, 15) is 4.79 Å². The Morgan fingerprint density at radius 2 is 2.70 bits per heavy atom. The number of hydrogen-bond donors (Lipinski definition) is 1. The molecule has 0 saturated carbocycles. The van der Waals surface area contributed by atoms with Gasteiger partial charge in [-0.3, -0.25) is 0 Å². The van der Waals surface area contributed by atoms with Crippen LogP contribution in [0.4, 0.5) is 4.79 Å². The van der Waals surface area contributed by atoms with Crippen LogP contribution < -0.4 is 10.1 Å². The highest BCUT2D eigenvalue weighted by Crippen LogP contribution is 2.14. The summed E-state index contributed by atoms with van der Waals surface area (Å²) in [6.45, 7) is 0. The third-order valence-electron chi connectivity index (χ3n) is 0.807. The molecule has 0 aromatic carbocycles. The van der Waals surface area contributed by atoms with Crippen LogP contribution in [0, 0.1) is 0 Å². The standard InChI is InChI=1S/C5H6N2O2S/c1-6-5(8)9-4-2-7-3-10-4/h2-3H,1H3,(H,6,8). The van der Waals surface area contributed by atoms with E-state index in [0.717, 1.165) is 0 Å². The fourth-order valence-corrected chi connectivity index (χ4v) is 0.868. The van der Waals surface area contributed by atoms with Crippen LogP contribution >= 0.6 is 11.3 Å². The second-order valence-electron chi connectivity index (χ2n) is 1.46. The topological polar surface area (TPSA) is 51.2 Å². The van der Waals surface area contributed by atoms with Crippen LogP contribution in [0.15, 0.2) is 11.7 Å². The Morgan fingerprint density at radius 1 is 1.90 bits per heavy atom. The van der Waals surface area contributed by atoms with Crippen molar-refractivity contribution in [2.24, 2.45) is 0 Å². The molecule has 1 aromatic heterocycles. The highest BCUT2D eigenvalue weighted by molar-refractivity contribution is 7.11. The number of carbonyl (C=O) groups excluding carboxylic acids is 1. The molecule has 0 aliphatic rings. The predicted molar refractivity (Wildman–Crippen MR) is 37.2 cm³/mol. The largest absolute Gasteiger partial charge is 0.413 e. The smallest absolute Gasteiger partial charge is 0.397 e. The van der Waals surface area contributed by atoms with E-state index in [1.165, 1.54) is 24.6 Å². The molecule has 5 heteroatoms. The van der Waals surface area contributed by atoms with Crippen LogP contribution in [0.25, 0.3) is 0 Å². The molecule has 0 saturated heterocycles. The minimum Gasteiger partial charge on any atom is -0.397 e. The lowest BCUT2D eigenvalue weighted by Gasteiger charge is -1.96. The van der Waals surface area contributed by atoms with Crippen LogP contribution in [0.3, 0.4) is 0 Å². The molecule has 1 aromatic rings. The lowest BCUT2D eigenvalue weighted by molar-refractivity contribution is 0.204. The molecule has 0 aliphatic carbocycles. The summed E-state index contributed by atoms with van der Waals surface area (Å²) < 4.78 is 4.71. The lowest BCUT2D eigenvalue weighted by atomic mass is 10.9. The number of rotatable bonds is 1. The zero-order valence-electron chi connectivity index (χ0n) is 5.33. The third kappa shape index (κ3) is 1.70. The SMILES string of the molecule is CNC(=O)Oc1cncs1. The van der Waals surface area contributed by atoms with E-state index in [4.69, 9.17) is 4.74 Å². The summed E-state index contributed by atoms with van der Waals surface area (Å²) in [5.74, 6) is 0. The highest BCUT2D eigenvalue weighted by Gasteiger charge is 2.00. The molecule has 1 amide bonds. The molecule has 1 N–H and O–H groups in total. The number of thiazole rings is 1. The lowest BCUT2D eigenvalue weighted by Crippen LogP contribution is -2.21. The number of hydrogen-bond acceptors (Lipinski definition) is 4. The summed E-state index contributed by atoms with van der Waals surface area (Å²) in [6.07, 6.45) is 1.02. The molecule has 0 aliphatic heterocycles. The molecule has 0 radical (unpaired) electrons. The summed E-state index contributed by atoms with van der Waals surface area (Å²) in [5.41, 5.74) is 1.60. The number of carbonyl (C=O) groups is 1. The monoisotopic (exact) mass is 158 g/mol. The minimum absolute atomic E-state index is 0.468. The molecule has 0 bridgehead atoms. The van der Waals surface area contributed by atoms with Crippen molar-refractivity contribution in [1.29, 1.82) is 0 Å². The summed E-state index contributed by atoms with van der Waals surface area (Å²) in [4.78, 5) is 14.2. The molecular weight excluding hydrogens is 152 g/mol. The highest BCUT2D eigenvalue weighted by atomic mass is 32.1. The van der Waals surface area contributed by atoms with Gasteiger partial charge in [0, 0.05) is 7.05 Å². The van der Waals surface area contributed by atoms with Crippen molar-refractivity contribution in [3.05, 3.63) is 11.7 Å². The van der Waals surface area contributed by atoms with E-state index in [1.54, 1.807) is 5.51 Å². The second-order valence-corrected chi connectivity index (χ2v) is 2.31. The number of aromatic nitrogens is 1. The van der Waals surface area contributed by atoms with Crippen molar-refractivity contribution in [2.45, 2.75) is 0 Å². The average Bonchev–Trinajstić information content (AvgIpc) is 2.40. The summed E-state index contributed by atoms with van der Waals surface area (Å²) in [7, 11) is 1.50. The molecule has 10 heavy (non-hydrogen) atoms. The first-order chi connectivity index (χ1) is 4.83. The first kappa shape index (κ1) is 7.01. The van der Waals surface area contributed by atoms with Gasteiger partial charge in [0.1, 0.15) is 0 Å². The van der Waals surface area contributed by atoms with Crippen molar-refractivity contribution in [3.8, 4) is 5.06 Å². The van der Waals surface area contributed by atoms with E-state index < -0.39 is 6.09 Å². The number of amides is 1. The van der Waals surface area contributed by atoms with Crippen LogP contribution in [-0.2, 0) is 0 Å². The van der Waals surface area contributed by atoms with Gasteiger partial charge >= 0.3 is 6.09 Å². The molecule has 1 heterocycles. The number of nitrogens with one attached hydrogen (secondary N) is 1. The summed E-state index contributed by atoms with van der Waals surface area (Å²) in [6, 6.07) is 0. The summed E-state index contributed by atoms with van der Waals surface area (Å²) in [5, 5.41) is 2.82. The normalized spacial score (nSPS) is 8.90. The van der Waals surface area contributed by atoms with Gasteiger partial charge in [-0.25, -0.2) is 9.78 Å². The first-order valence-electron chi connectivity index (χ1n) is 2.61. The van der Waals surface area contributed by atoms with E-state index >= 15 is 0 Å². The average molecular weight is 158 g/mol. The maximum atomic E-state index is 10.5. The molecule has 1 rings (SSSR count). The fourth-order valence-electron chi connectivity index (χ4n) is 0.397. The van der Waals surface area contributed by atoms with Crippen molar-refractivity contribution >= 4 is 17.4 Å². The van der Waals surface area contributed by atoms with Crippen LogP contribution in [0.1, 0.15) is 0 Å². The molecule has 0 atom stereocenters. The van der Waals surface area contributed by atoms with Crippen LogP contribution in [0.5, 0.6) is 5.06 Å². The van der Waals surface area contributed by atoms with Gasteiger partial charge in [-0.1, -0.05) is 11.3 Å². The minimum atomic E-state index is -0.468. The Hall–Kier alpha value is -1.10. The van der Waals surface area contributed by atoms with E-state index in [1.807, 2.05) is 0 Å². The number of nitrogens with zero attached hydrogens (tertiary/aromatic N) is 1. The van der Waals surface area contributed by atoms with Crippen molar-refractivity contribution < 1.29 is 9.53 Å². The van der Waals surface area contributed by atoms with Gasteiger partial charge < -0.3 is 10.1 Å². The molecular formula is C5H6N2O2S. The van der Waals surface area contributed by atoms with Gasteiger partial charge in [0.2, 0.25) is 5.06 Å². The van der Waals surface area contributed by atoms with E-state index in [-0.39, 0.29) is 0 Å². The Morgan fingerprint density at radius 3 is 3.20 bits per heavy atom. The van der Waals surface area contributed by atoms with Crippen LogP contribution in [-0.4, -0.2) is 18.1 Å². The van der Waals surface area contributed by atoms with Gasteiger partial charge in [-0.05, 0) is 0 Å². The quantitative estimate of drug-likeness (QED) is 0.659. The zero-order valence-corrected chi connectivity index (χ0v) is 6.14. The van der Waals surface area contributed by atoms with Crippen LogP contribution in [0.2, 0.25) is 0 Å². The Bertz CT molecular complexity index is 209.